The smallest absolute Gasteiger partial charge is 0.155 e. The lowest BCUT2D eigenvalue weighted by molar-refractivity contribution is 0.269. The minimum absolute atomic E-state index is 0.0864. The molecule has 1 atom stereocenters. The van der Waals surface area contributed by atoms with Gasteiger partial charge in [-0.05, 0) is 45.6 Å². The Morgan fingerprint density at radius 2 is 1.56 bits per heavy atom. The first-order chi connectivity index (χ1) is 8.08. The summed E-state index contributed by atoms with van der Waals surface area (Å²) < 4.78 is 23.7. The molecule has 0 radical (unpaired) electrons. The molecule has 18 heavy (non-hydrogen) atoms. The van der Waals surface area contributed by atoms with Crippen LogP contribution in [0, 0.1) is 5.41 Å². The highest BCUT2D eigenvalue weighted by Crippen LogP contribution is 2.29. The van der Waals surface area contributed by atoms with Crippen LogP contribution in [0.25, 0.3) is 0 Å². The molecule has 0 saturated heterocycles. The number of nitrogens with one attached hydrogen (secondary N) is 1. The Kier molecular flexibility index (Phi) is 6.86. The van der Waals surface area contributed by atoms with Gasteiger partial charge in [-0.1, -0.05) is 27.2 Å². The van der Waals surface area contributed by atoms with E-state index in [-0.39, 0.29) is 5.41 Å². The molecule has 0 amide bonds. The lowest BCUT2D eigenvalue weighted by Gasteiger charge is -2.31. The molecule has 0 aromatic rings. The molecule has 0 bridgehead atoms. The first-order valence-corrected chi connectivity index (χ1v) is 8.66. The number of hydrogen-bond acceptors (Lipinski definition) is 3. The summed E-state index contributed by atoms with van der Waals surface area (Å²) in [6.45, 7) is 13.6. The highest BCUT2D eigenvalue weighted by atomic mass is 32.2. The van der Waals surface area contributed by atoms with Crippen LogP contribution in [0.15, 0.2) is 0 Å². The molecule has 0 saturated carbocycles. The molecule has 0 aliphatic heterocycles. The third kappa shape index (κ3) is 5.70. The molecule has 0 aromatic heterocycles. The summed E-state index contributed by atoms with van der Waals surface area (Å²) in [5.74, 6) is 0.290. The van der Waals surface area contributed by atoms with Crippen LogP contribution < -0.4 is 5.32 Å². The van der Waals surface area contributed by atoms with Gasteiger partial charge in [0.2, 0.25) is 0 Å². The van der Waals surface area contributed by atoms with Crippen molar-refractivity contribution in [3.8, 4) is 0 Å². The Balaban J connectivity index is 4.62. The highest BCUT2D eigenvalue weighted by Gasteiger charge is 2.32. The maximum absolute atomic E-state index is 12.2. The van der Waals surface area contributed by atoms with E-state index in [2.05, 4.69) is 26.1 Å². The van der Waals surface area contributed by atoms with Gasteiger partial charge in [-0.3, -0.25) is 0 Å². The zero-order chi connectivity index (χ0) is 14.4. The summed E-state index contributed by atoms with van der Waals surface area (Å²) in [4.78, 5) is 0. The second-order valence-corrected chi connectivity index (χ2v) is 9.38. The number of rotatable bonds is 8. The van der Waals surface area contributed by atoms with E-state index in [4.69, 9.17) is 0 Å². The normalized spacial score (nSPS) is 16.6. The van der Waals surface area contributed by atoms with Gasteiger partial charge in [0.1, 0.15) is 0 Å². The predicted molar refractivity (Wildman–Crippen MR) is 79.7 cm³/mol. The molecule has 0 aliphatic rings. The molecule has 1 N–H and O–H groups in total. The van der Waals surface area contributed by atoms with Crippen LogP contribution in [0.3, 0.4) is 0 Å². The molecule has 3 nitrogen and oxygen atoms in total. The van der Waals surface area contributed by atoms with Crippen molar-refractivity contribution in [3.63, 3.8) is 0 Å². The first-order valence-electron chi connectivity index (χ1n) is 7.01. The summed E-state index contributed by atoms with van der Waals surface area (Å²) in [6, 6.07) is 0. The van der Waals surface area contributed by atoms with Gasteiger partial charge in [-0.2, -0.15) is 0 Å². The Bertz CT molecular complexity index is 330. The Hall–Kier alpha value is -0.0900. The summed E-state index contributed by atoms with van der Waals surface area (Å²) >= 11 is 0. The summed E-state index contributed by atoms with van der Waals surface area (Å²) in [5, 5.41) is 3.35. The van der Waals surface area contributed by atoms with Crippen LogP contribution in [0.1, 0.15) is 60.8 Å². The van der Waals surface area contributed by atoms with Gasteiger partial charge in [-0.15, -0.1) is 0 Å². The molecule has 0 spiro atoms. The average Bonchev–Trinajstić information content (AvgIpc) is 2.23. The SMILES string of the molecule is CCCC(C)(CCS(=O)(=O)C(C)(C)C)CNCC. The van der Waals surface area contributed by atoms with Gasteiger partial charge in [0.25, 0.3) is 0 Å². The van der Waals surface area contributed by atoms with Crippen molar-refractivity contribution in [2.75, 3.05) is 18.8 Å². The molecule has 4 heteroatoms. The largest absolute Gasteiger partial charge is 0.316 e. The van der Waals surface area contributed by atoms with Crippen LogP contribution in [-0.4, -0.2) is 32.0 Å². The molecule has 1 unspecified atom stereocenters. The molecule has 0 heterocycles. The predicted octanol–water partition coefficient (Wildman–Crippen LogP) is 3.01. The molecule has 0 rings (SSSR count). The third-order valence-corrected chi connectivity index (χ3v) is 6.17. The van der Waals surface area contributed by atoms with Gasteiger partial charge in [0, 0.05) is 6.54 Å². The second kappa shape index (κ2) is 6.90. The van der Waals surface area contributed by atoms with Crippen molar-refractivity contribution in [1.29, 1.82) is 0 Å². The van der Waals surface area contributed by atoms with Gasteiger partial charge in [-0.25, -0.2) is 8.42 Å². The van der Waals surface area contributed by atoms with Crippen molar-refractivity contribution < 1.29 is 8.42 Å². The molecule has 0 fully saturated rings. The molecular formula is C14H31NO2S. The van der Waals surface area contributed by atoms with Crippen LogP contribution in [-0.2, 0) is 9.84 Å². The van der Waals surface area contributed by atoms with E-state index >= 15 is 0 Å². The van der Waals surface area contributed by atoms with Crippen LogP contribution >= 0.6 is 0 Å². The van der Waals surface area contributed by atoms with Crippen LogP contribution in [0.4, 0.5) is 0 Å². The van der Waals surface area contributed by atoms with Gasteiger partial charge in [0.05, 0.1) is 10.5 Å². The van der Waals surface area contributed by atoms with E-state index in [1.165, 1.54) is 0 Å². The fourth-order valence-electron chi connectivity index (χ4n) is 2.02. The molecule has 110 valence electrons. The van der Waals surface area contributed by atoms with E-state index in [9.17, 15) is 8.42 Å². The highest BCUT2D eigenvalue weighted by molar-refractivity contribution is 7.92. The molecule has 0 aliphatic carbocycles. The van der Waals surface area contributed by atoms with Gasteiger partial charge < -0.3 is 5.32 Å². The summed E-state index contributed by atoms with van der Waals surface area (Å²) in [6.07, 6.45) is 2.91. The maximum atomic E-state index is 12.2. The first kappa shape index (κ1) is 17.9. The monoisotopic (exact) mass is 277 g/mol. The minimum atomic E-state index is -3.00. The van der Waals surface area contributed by atoms with Crippen molar-refractivity contribution in [3.05, 3.63) is 0 Å². The zero-order valence-corrected chi connectivity index (χ0v) is 13.8. The maximum Gasteiger partial charge on any atom is 0.155 e. The number of hydrogen-bond donors (Lipinski definition) is 1. The fourth-order valence-corrected chi connectivity index (χ4v) is 3.39. The van der Waals surface area contributed by atoms with Gasteiger partial charge >= 0.3 is 0 Å². The van der Waals surface area contributed by atoms with Crippen LogP contribution in [0.2, 0.25) is 0 Å². The van der Waals surface area contributed by atoms with E-state index in [0.29, 0.717) is 5.75 Å². The summed E-state index contributed by atoms with van der Waals surface area (Å²) in [7, 11) is -3.00. The lowest BCUT2D eigenvalue weighted by atomic mass is 9.83. The molecular weight excluding hydrogens is 246 g/mol. The quantitative estimate of drug-likeness (QED) is 0.742. The summed E-state index contributed by atoms with van der Waals surface area (Å²) in [5.41, 5.74) is 0.0864. The third-order valence-electron chi connectivity index (χ3n) is 3.56. The number of sulfone groups is 1. The van der Waals surface area contributed by atoms with E-state index in [1.54, 1.807) is 20.8 Å². The molecule has 0 aromatic carbocycles. The second-order valence-electron chi connectivity index (χ2n) is 6.52. The van der Waals surface area contributed by atoms with E-state index < -0.39 is 14.6 Å². The van der Waals surface area contributed by atoms with Gasteiger partial charge in [0.15, 0.2) is 9.84 Å². The Morgan fingerprint density at radius 1 is 1.00 bits per heavy atom. The lowest BCUT2D eigenvalue weighted by Crippen LogP contribution is -2.37. The van der Waals surface area contributed by atoms with E-state index in [1.807, 2.05) is 0 Å². The minimum Gasteiger partial charge on any atom is -0.316 e. The Labute approximate surface area is 114 Å². The van der Waals surface area contributed by atoms with Crippen molar-refractivity contribution in [2.45, 2.75) is 65.6 Å². The zero-order valence-electron chi connectivity index (χ0n) is 13.0. The van der Waals surface area contributed by atoms with Crippen molar-refractivity contribution in [2.24, 2.45) is 5.41 Å². The van der Waals surface area contributed by atoms with Crippen molar-refractivity contribution in [1.82, 2.24) is 5.32 Å². The van der Waals surface area contributed by atoms with E-state index in [0.717, 1.165) is 32.4 Å². The standard InChI is InChI=1S/C14H31NO2S/c1-7-9-14(6,12-15-8-2)10-11-18(16,17)13(3,4)5/h15H,7-12H2,1-6H3. The van der Waals surface area contributed by atoms with Crippen LogP contribution in [0.5, 0.6) is 0 Å². The average molecular weight is 277 g/mol. The topological polar surface area (TPSA) is 46.2 Å². The Morgan fingerprint density at radius 3 is 1.94 bits per heavy atom. The fraction of sp³-hybridized carbons (Fsp3) is 1.00. The van der Waals surface area contributed by atoms with Crippen molar-refractivity contribution >= 4 is 9.84 Å².